The molecule has 4 rings (SSSR count). The number of amides is 2. The molecule has 0 radical (unpaired) electrons. The van der Waals surface area contributed by atoms with Crippen LogP contribution in [0.25, 0.3) is 6.08 Å². The van der Waals surface area contributed by atoms with E-state index in [0.717, 1.165) is 55.6 Å². The number of piperidine rings is 1. The van der Waals surface area contributed by atoms with Gasteiger partial charge in [0.25, 0.3) is 5.91 Å². The van der Waals surface area contributed by atoms with E-state index in [1.807, 2.05) is 30.0 Å². The van der Waals surface area contributed by atoms with Crippen LogP contribution in [0.1, 0.15) is 60.0 Å². The number of carbonyl (C=O) groups is 2. The van der Waals surface area contributed by atoms with Gasteiger partial charge in [0.15, 0.2) is 0 Å². The fourth-order valence-electron chi connectivity index (χ4n) is 4.81. The van der Waals surface area contributed by atoms with Gasteiger partial charge in [0.1, 0.15) is 5.75 Å². The molecule has 33 heavy (non-hydrogen) atoms. The average molecular weight is 467 g/mol. The van der Waals surface area contributed by atoms with Crippen molar-refractivity contribution in [3.05, 3.63) is 63.7 Å². The van der Waals surface area contributed by atoms with E-state index in [-0.39, 0.29) is 11.8 Å². The number of hydrogen-bond acceptors (Lipinski definition) is 3. The van der Waals surface area contributed by atoms with E-state index in [0.29, 0.717) is 22.2 Å². The number of hydrogen-bond donors (Lipinski definition) is 1. The summed E-state index contributed by atoms with van der Waals surface area (Å²) in [7, 11) is 1.58. The summed E-state index contributed by atoms with van der Waals surface area (Å²) < 4.78 is 5.24. The van der Waals surface area contributed by atoms with Gasteiger partial charge < -0.3 is 15.0 Å². The Morgan fingerprint density at radius 1 is 1.12 bits per heavy atom. The fraction of sp³-hybridized carbons (Fsp3) is 0.407. The van der Waals surface area contributed by atoms with Crippen molar-refractivity contribution in [2.45, 2.75) is 45.4 Å². The van der Waals surface area contributed by atoms with Crippen LogP contribution < -0.4 is 10.1 Å². The van der Waals surface area contributed by atoms with Gasteiger partial charge in [-0.3, -0.25) is 9.59 Å². The second-order valence-electron chi connectivity index (χ2n) is 8.98. The van der Waals surface area contributed by atoms with Crippen LogP contribution in [0.2, 0.25) is 5.02 Å². The lowest BCUT2D eigenvalue weighted by atomic mass is 9.97. The lowest BCUT2D eigenvalue weighted by Gasteiger charge is -2.30. The number of ether oxygens (including phenoxy) is 1. The highest BCUT2D eigenvalue weighted by Gasteiger charge is 2.28. The molecule has 0 bridgehead atoms. The normalized spacial score (nSPS) is 16.6. The van der Waals surface area contributed by atoms with Crippen molar-refractivity contribution in [3.8, 4) is 5.75 Å². The third-order valence-electron chi connectivity index (χ3n) is 6.68. The molecule has 0 atom stereocenters. The SMILES string of the molecule is COc1cccc(C(=O)Nc2c(C)cc(Cl)cc2C=C2CCN(C(=O)C3CCCC3)CC2)c1. The predicted molar refractivity (Wildman–Crippen MR) is 133 cm³/mol. The number of methoxy groups -OCH3 is 1. The minimum Gasteiger partial charge on any atom is -0.497 e. The highest BCUT2D eigenvalue weighted by atomic mass is 35.5. The van der Waals surface area contributed by atoms with Crippen LogP contribution in [0.15, 0.2) is 42.0 Å². The molecule has 1 aliphatic heterocycles. The molecule has 2 amide bonds. The smallest absolute Gasteiger partial charge is 0.255 e. The van der Waals surface area contributed by atoms with Crippen LogP contribution in [-0.4, -0.2) is 36.9 Å². The Balaban J connectivity index is 1.50. The highest BCUT2D eigenvalue weighted by molar-refractivity contribution is 6.31. The molecule has 2 aromatic rings. The second kappa shape index (κ2) is 10.4. The highest BCUT2D eigenvalue weighted by Crippen LogP contribution is 2.32. The zero-order chi connectivity index (χ0) is 23.4. The molecule has 2 aromatic carbocycles. The van der Waals surface area contributed by atoms with Crippen LogP contribution in [0.5, 0.6) is 5.75 Å². The first kappa shape index (κ1) is 23.4. The quantitative estimate of drug-likeness (QED) is 0.578. The van der Waals surface area contributed by atoms with Gasteiger partial charge in [-0.25, -0.2) is 0 Å². The molecule has 1 saturated carbocycles. The average Bonchev–Trinajstić information content (AvgIpc) is 3.36. The third kappa shape index (κ3) is 5.59. The van der Waals surface area contributed by atoms with E-state index in [1.54, 1.807) is 25.3 Å². The minimum atomic E-state index is -0.198. The van der Waals surface area contributed by atoms with Crippen molar-refractivity contribution in [1.82, 2.24) is 4.90 Å². The Morgan fingerprint density at radius 2 is 1.85 bits per heavy atom. The Hall–Kier alpha value is -2.79. The molecular formula is C27H31ClN2O3. The number of carbonyl (C=O) groups excluding carboxylic acids is 2. The molecular weight excluding hydrogens is 436 g/mol. The topological polar surface area (TPSA) is 58.6 Å². The summed E-state index contributed by atoms with van der Waals surface area (Å²) in [6, 6.07) is 10.8. The van der Waals surface area contributed by atoms with Crippen molar-refractivity contribution in [3.63, 3.8) is 0 Å². The van der Waals surface area contributed by atoms with Crippen LogP contribution in [0, 0.1) is 12.8 Å². The number of nitrogens with one attached hydrogen (secondary N) is 1. The molecule has 2 aliphatic rings. The molecule has 2 fully saturated rings. The van der Waals surface area contributed by atoms with Crippen molar-refractivity contribution < 1.29 is 14.3 Å². The second-order valence-corrected chi connectivity index (χ2v) is 9.42. The third-order valence-corrected chi connectivity index (χ3v) is 6.90. The number of nitrogens with zero attached hydrogens (tertiary/aromatic N) is 1. The van der Waals surface area contributed by atoms with Gasteiger partial charge in [-0.1, -0.05) is 42.2 Å². The number of likely N-dealkylation sites (tertiary alicyclic amines) is 1. The zero-order valence-corrected chi connectivity index (χ0v) is 20.1. The number of rotatable bonds is 5. The maximum absolute atomic E-state index is 12.9. The number of aryl methyl sites for hydroxylation is 1. The monoisotopic (exact) mass is 466 g/mol. The summed E-state index contributed by atoms with van der Waals surface area (Å²) in [6.45, 7) is 3.45. The maximum Gasteiger partial charge on any atom is 0.255 e. The molecule has 1 aliphatic carbocycles. The molecule has 1 saturated heterocycles. The summed E-state index contributed by atoms with van der Waals surface area (Å²) in [4.78, 5) is 27.7. The standard InChI is InChI=1S/C27H31ClN2O3/c1-18-14-23(28)16-22(25(18)29-26(31)21-8-5-9-24(17-21)33-2)15-19-10-12-30(13-11-19)27(32)20-6-3-4-7-20/h5,8-9,14-17,20H,3-4,6-7,10-13H2,1-2H3,(H,29,31). The van der Waals surface area contributed by atoms with Crippen molar-refractivity contribution in [1.29, 1.82) is 0 Å². The van der Waals surface area contributed by atoms with Crippen molar-refractivity contribution >= 4 is 35.2 Å². The molecule has 174 valence electrons. The summed E-state index contributed by atoms with van der Waals surface area (Å²) in [5.41, 5.74) is 4.34. The molecule has 0 aromatic heterocycles. The van der Waals surface area contributed by atoms with E-state index in [1.165, 1.54) is 18.4 Å². The van der Waals surface area contributed by atoms with Crippen LogP contribution in [0.3, 0.4) is 0 Å². The Bertz CT molecular complexity index is 1060. The number of benzene rings is 2. The summed E-state index contributed by atoms with van der Waals surface area (Å²) in [5.74, 6) is 0.994. The van der Waals surface area contributed by atoms with E-state index in [9.17, 15) is 9.59 Å². The Kier molecular flexibility index (Phi) is 7.39. The molecule has 0 unspecified atom stereocenters. The van der Waals surface area contributed by atoms with Crippen LogP contribution >= 0.6 is 11.6 Å². The fourth-order valence-corrected chi connectivity index (χ4v) is 5.09. The van der Waals surface area contributed by atoms with E-state index < -0.39 is 0 Å². The van der Waals surface area contributed by atoms with Gasteiger partial charge >= 0.3 is 0 Å². The Labute approximate surface area is 200 Å². The summed E-state index contributed by atoms with van der Waals surface area (Å²) in [5, 5.41) is 3.70. The summed E-state index contributed by atoms with van der Waals surface area (Å²) in [6.07, 6.45) is 8.23. The first-order valence-electron chi connectivity index (χ1n) is 11.7. The van der Waals surface area contributed by atoms with Gasteiger partial charge in [0, 0.05) is 29.6 Å². The maximum atomic E-state index is 12.9. The van der Waals surface area contributed by atoms with Crippen LogP contribution in [-0.2, 0) is 4.79 Å². The Morgan fingerprint density at radius 3 is 2.55 bits per heavy atom. The van der Waals surface area contributed by atoms with E-state index in [2.05, 4.69) is 11.4 Å². The van der Waals surface area contributed by atoms with Gasteiger partial charge in [-0.05, 0) is 74.1 Å². The predicted octanol–water partition coefficient (Wildman–Crippen LogP) is 6.11. The van der Waals surface area contributed by atoms with E-state index in [4.69, 9.17) is 16.3 Å². The lowest BCUT2D eigenvalue weighted by molar-refractivity contribution is -0.135. The summed E-state index contributed by atoms with van der Waals surface area (Å²) >= 11 is 6.36. The lowest BCUT2D eigenvalue weighted by Crippen LogP contribution is -2.39. The molecule has 1 N–H and O–H groups in total. The minimum absolute atomic E-state index is 0.198. The largest absolute Gasteiger partial charge is 0.497 e. The molecule has 1 heterocycles. The first-order valence-corrected chi connectivity index (χ1v) is 12.1. The molecule has 5 nitrogen and oxygen atoms in total. The zero-order valence-electron chi connectivity index (χ0n) is 19.3. The van der Waals surface area contributed by atoms with Gasteiger partial charge in [-0.2, -0.15) is 0 Å². The number of anilines is 1. The van der Waals surface area contributed by atoms with E-state index >= 15 is 0 Å². The number of halogens is 1. The van der Waals surface area contributed by atoms with Crippen molar-refractivity contribution in [2.24, 2.45) is 5.92 Å². The van der Waals surface area contributed by atoms with Gasteiger partial charge in [-0.15, -0.1) is 0 Å². The van der Waals surface area contributed by atoms with Crippen molar-refractivity contribution in [2.75, 3.05) is 25.5 Å². The van der Waals surface area contributed by atoms with Gasteiger partial charge in [0.2, 0.25) is 5.91 Å². The van der Waals surface area contributed by atoms with Crippen LogP contribution in [0.4, 0.5) is 5.69 Å². The molecule has 6 heteroatoms. The van der Waals surface area contributed by atoms with Gasteiger partial charge in [0.05, 0.1) is 12.8 Å². The molecule has 0 spiro atoms. The first-order chi connectivity index (χ1) is 15.9.